The van der Waals surface area contributed by atoms with Crippen molar-refractivity contribution in [1.82, 2.24) is 0 Å². The lowest BCUT2D eigenvalue weighted by Crippen LogP contribution is -1.82. The van der Waals surface area contributed by atoms with Crippen molar-refractivity contribution in [3.8, 4) is 0 Å². The molecule has 0 aliphatic carbocycles. The summed E-state index contributed by atoms with van der Waals surface area (Å²) >= 11 is 5.31. The van der Waals surface area contributed by atoms with Crippen LogP contribution in [0.2, 0.25) is 0 Å². The van der Waals surface area contributed by atoms with Crippen molar-refractivity contribution in [2.45, 2.75) is 13.3 Å². The second-order valence-electron chi connectivity index (χ2n) is 2.95. The molecule has 1 aromatic heterocycles. The molecular weight excluding hydrogens is 246 g/mol. The molecule has 0 saturated carbocycles. The summed E-state index contributed by atoms with van der Waals surface area (Å²) in [6.07, 6.45) is 1.07. The predicted octanol–water partition coefficient (Wildman–Crippen LogP) is 3.81. The quantitative estimate of drug-likeness (QED) is 0.771. The minimum atomic E-state index is 0.878. The minimum absolute atomic E-state index is 0.878. The van der Waals surface area contributed by atoms with Crippen LogP contribution in [0, 0.1) is 0 Å². The van der Waals surface area contributed by atoms with Crippen LogP contribution in [0.15, 0.2) is 22.7 Å². The molecule has 1 aromatic carbocycles. The first kappa shape index (κ1) is 9.03. The molecule has 0 spiro atoms. The van der Waals surface area contributed by atoms with E-state index in [0.29, 0.717) is 0 Å². The zero-order valence-corrected chi connectivity index (χ0v) is 9.71. The number of thiophene rings is 1. The molecule has 0 aliphatic rings. The van der Waals surface area contributed by atoms with Crippen LogP contribution in [-0.2, 0) is 6.42 Å². The molecule has 0 aliphatic heterocycles. The number of halogens is 1. The van der Waals surface area contributed by atoms with E-state index in [0.717, 1.165) is 16.6 Å². The van der Waals surface area contributed by atoms with Gasteiger partial charge in [0.1, 0.15) is 0 Å². The molecule has 13 heavy (non-hydrogen) atoms. The molecule has 68 valence electrons. The van der Waals surface area contributed by atoms with Crippen molar-refractivity contribution in [3.05, 3.63) is 27.5 Å². The van der Waals surface area contributed by atoms with Gasteiger partial charge in [-0.15, -0.1) is 11.3 Å². The second kappa shape index (κ2) is 3.31. The lowest BCUT2D eigenvalue weighted by Gasteiger charge is -1.96. The number of hydrogen-bond donors (Lipinski definition) is 1. The summed E-state index contributed by atoms with van der Waals surface area (Å²) in [5.41, 5.74) is 6.76. The number of aryl methyl sites for hydroxylation is 1. The average Bonchev–Trinajstić information content (AvgIpc) is 2.56. The van der Waals surface area contributed by atoms with Crippen LogP contribution >= 0.6 is 27.3 Å². The van der Waals surface area contributed by atoms with E-state index in [1.807, 2.05) is 12.1 Å². The topological polar surface area (TPSA) is 26.0 Å². The van der Waals surface area contributed by atoms with Crippen LogP contribution in [-0.4, -0.2) is 0 Å². The van der Waals surface area contributed by atoms with Gasteiger partial charge in [0.2, 0.25) is 0 Å². The van der Waals surface area contributed by atoms with Gasteiger partial charge in [-0.2, -0.15) is 0 Å². The molecule has 0 saturated heterocycles. The maximum Gasteiger partial charge on any atom is 0.0586 e. The first-order chi connectivity index (χ1) is 6.22. The van der Waals surface area contributed by atoms with E-state index >= 15 is 0 Å². The number of benzene rings is 1. The minimum Gasteiger partial charge on any atom is -0.398 e. The highest BCUT2D eigenvalue weighted by atomic mass is 79.9. The van der Waals surface area contributed by atoms with Crippen LogP contribution in [0.3, 0.4) is 0 Å². The Kier molecular flexibility index (Phi) is 2.30. The molecule has 1 nitrogen and oxygen atoms in total. The van der Waals surface area contributed by atoms with Crippen molar-refractivity contribution in [2.75, 3.05) is 5.73 Å². The summed E-state index contributed by atoms with van der Waals surface area (Å²) in [6.45, 7) is 2.16. The van der Waals surface area contributed by atoms with E-state index in [2.05, 4.69) is 28.9 Å². The van der Waals surface area contributed by atoms with E-state index in [1.165, 1.54) is 15.0 Å². The Hall–Kier alpha value is -0.540. The highest BCUT2D eigenvalue weighted by molar-refractivity contribution is 9.10. The Morgan fingerprint density at radius 2 is 2.23 bits per heavy atom. The third-order valence-electron chi connectivity index (χ3n) is 2.06. The smallest absolute Gasteiger partial charge is 0.0586 e. The lowest BCUT2D eigenvalue weighted by molar-refractivity contribution is 1.19. The summed E-state index contributed by atoms with van der Waals surface area (Å²) in [6, 6.07) is 6.16. The summed E-state index contributed by atoms with van der Waals surface area (Å²) in [5.74, 6) is 0. The molecule has 0 bridgehead atoms. The van der Waals surface area contributed by atoms with Crippen molar-refractivity contribution in [3.63, 3.8) is 0 Å². The Bertz CT molecular complexity index is 408. The molecule has 0 amide bonds. The predicted molar refractivity (Wildman–Crippen MR) is 63.3 cm³/mol. The number of rotatable bonds is 1. The zero-order valence-electron chi connectivity index (χ0n) is 7.30. The molecule has 0 unspecified atom stereocenters. The Balaban J connectivity index is 2.80. The molecule has 0 radical (unpaired) electrons. The van der Waals surface area contributed by atoms with E-state index in [-0.39, 0.29) is 0 Å². The molecule has 0 fully saturated rings. The molecule has 1 heterocycles. The van der Waals surface area contributed by atoms with Gasteiger partial charge < -0.3 is 5.73 Å². The zero-order chi connectivity index (χ0) is 9.42. The van der Waals surface area contributed by atoms with Crippen LogP contribution in [0.4, 0.5) is 5.69 Å². The van der Waals surface area contributed by atoms with Crippen molar-refractivity contribution in [2.24, 2.45) is 0 Å². The van der Waals surface area contributed by atoms with Crippen molar-refractivity contribution < 1.29 is 0 Å². The van der Waals surface area contributed by atoms with E-state index in [1.54, 1.807) is 11.3 Å². The summed E-state index contributed by atoms with van der Waals surface area (Å²) < 4.78 is 2.33. The van der Waals surface area contributed by atoms with Crippen LogP contribution < -0.4 is 5.73 Å². The van der Waals surface area contributed by atoms with Gasteiger partial charge in [-0.1, -0.05) is 22.9 Å². The Labute approximate surface area is 89.7 Å². The molecule has 2 rings (SSSR count). The van der Waals surface area contributed by atoms with Gasteiger partial charge in [-0.3, -0.25) is 0 Å². The third-order valence-corrected chi connectivity index (χ3v) is 4.08. The fraction of sp³-hybridized carbons (Fsp3) is 0.200. The maximum atomic E-state index is 5.88. The largest absolute Gasteiger partial charge is 0.398 e. The monoisotopic (exact) mass is 255 g/mol. The van der Waals surface area contributed by atoms with Gasteiger partial charge >= 0.3 is 0 Å². The van der Waals surface area contributed by atoms with Gasteiger partial charge in [0.05, 0.1) is 4.70 Å². The number of anilines is 1. The highest BCUT2D eigenvalue weighted by Crippen LogP contribution is 2.35. The first-order valence-electron chi connectivity index (χ1n) is 4.18. The van der Waals surface area contributed by atoms with Gasteiger partial charge in [-0.25, -0.2) is 0 Å². The molecule has 2 N–H and O–H groups in total. The highest BCUT2D eigenvalue weighted by Gasteiger charge is 2.06. The van der Waals surface area contributed by atoms with Crippen molar-refractivity contribution >= 4 is 43.0 Å². The standard InChI is InChI=1S/C10H10BrNS/c1-2-6-5-7-8(11)3-4-9(12)10(7)13-6/h3-5H,2,12H2,1H3. The Morgan fingerprint density at radius 3 is 2.85 bits per heavy atom. The van der Waals surface area contributed by atoms with E-state index < -0.39 is 0 Å². The Morgan fingerprint density at radius 1 is 1.46 bits per heavy atom. The number of nitrogens with two attached hydrogens (primary N) is 1. The third kappa shape index (κ3) is 1.46. The average molecular weight is 256 g/mol. The van der Waals surface area contributed by atoms with E-state index in [9.17, 15) is 0 Å². The molecule has 3 heteroatoms. The fourth-order valence-electron chi connectivity index (χ4n) is 1.34. The van der Waals surface area contributed by atoms with Crippen molar-refractivity contribution in [1.29, 1.82) is 0 Å². The number of hydrogen-bond acceptors (Lipinski definition) is 2. The van der Waals surface area contributed by atoms with Crippen LogP contribution in [0.5, 0.6) is 0 Å². The summed E-state index contributed by atoms with van der Waals surface area (Å²) in [7, 11) is 0. The van der Waals surface area contributed by atoms with E-state index in [4.69, 9.17) is 5.73 Å². The van der Waals surface area contributed by atoms with Gasteiger partial charge in [-0.05, 0) is 24.6 Å². The maximum absolute atomic E-state index is 5.88. The number of fused-ring (bicyclic) bond motifs is 1. The summed E-state index contributed by atoms with van der Waals surface area (Å²) in [4.78, 5) is 1.38. The molecular formula is C10H10BrNS. The van der Waals surface area contributed by atoms with Gasteiger partial charge in [0.25, 0.3) is 0 Å². The SMILES string of the molecule is CCc1cc2c(Br)ccc(N)c2s1. The van der Waals surface area contributed by atoms with Gasteiger partial charge in [0, 0.05) is 20.4 Å². The van der Waals surface area contributed by atoms with Crippen LogP contribution in [0.1, 0.15) is 11.8 Å². The molecule has 0 atom stereocenters. The van der Waals surface area contributed by atoms with Gasteiger partial charge in [0.15, 0.2) is 0 Å². The lowest BCUT2D eigenvalue weighted by atomic mass is 10.2. The summed E-state index contributed by atoms with van der Waals surface area (Å²) in [5, 5.41) is 1.24. The van der Waals surface area contributed by atoms with Crippen LogP contribution in [0.25, 0.3) is 10.1 Å². The molecule has 2 aromatic rings. The number of nitrogen functional groups attached to an aromatic ring is 1. The fourth-order valence-corrected chi connectivity index (χ4v) is 2.96. The second-order valence-corrected chi connectivity index (χ2v) is 4.94. The first-order valence-corrected chi connectivity index (χ1v) is 5.79. The normalized spacial score (nSPS) is 10.9.